The molecule has 2 aliphatic rings. The molecule has 3 rings (SSSR count). The lowest BCUT2D eigenvalue weighted by molar-refractivity contribution is -0.118. The van der Waals surface area contributed by atoms with Gasteiger partial charge in [-0.1, -0.05) is 0 Å². The fourth-order valence-corrected chi connectivity index (χ4v) is 3.10. The van der Waals surface area contributed by atoms with E-state index in [1.807, 2.05) is 6.07 Å². The highest BCUT2D eigenvalue weighted by Crippen LogP contribution is 2.33. The maximum atomic E-state index is 14.0. The second-order valence-corrected chi connectivity index (χ2v) is 5.77. The molecule has 1 saturated heterocycles. The van der Waals surface area contributed by atoms with Crippen LogP contribution in [0.25, 0.3) is 0 Å². The SMILES string of the molecule is CN1CCCC(Cc2cc(F)c3c(c2)NC(=O)CO3)C1. The Balaban J connectivity index is 1.78. The number of rotatable bonds is 2. The van der Waals surface area contributed by atoms with Gasteiger partial charge in [-0.3, -0.25) is 4.79 Å². The molecule has 0 bridgehead atoms. The Labute approximate surface area is 117 Å². The van der Waals surface area contributed by atoms with Crippen LogP contribution in [0.5, 0.6) is 5.75 Å². The number of carbonyl (C=O) groups excluding carboxylic acids is 1. The fourth-order valence-electron chi connectivity index (χ4n) is 3.10. The van der Waals surface area contributed by atoms with Crippen molar-refractivity contribution in [1.82, 2.24) is 4.90 Å². The van der Waals surface area contributed by atoms with Crippen molar-refractivity contribution in [1.29, 1.82) is 0 Å². The molecule has 2 aliphatic heterocycles. The van der Waals surface area contributed by atoms with Gasteiger partial charge in [-0.25, -0.2) is 4.39 Å². The number of amides is 1. The lowest BCUT2D eigenvalue weighted by atomic mass is 9.91. The maximum Gasteiger partial charge on any atom is 0.262 e. The van der Waals surface area contributed by atoms with Crippen LogP contribution in [-0.2, 0) is 11.2 Å². The lowest BCUT2D eigenvalue weighted by Gasteiger charge is -2.30. The first-order valence-corrected chi connectivity index (χ1v) is 7.05. The number of ether oxygens (including phenoxy) is 1. The Morgan fingerprint density at radius 3 is 3.15 bits per heavy atom. The van der Waals surface area contributed by atoms with Crippen LogP contribution in [-0.4, -0.2) is 37.6 Å². The highest BCUT2D eigenvalue weighted by molar-refractivity contribution is 5.95. The molecule has 1 fully saturated rings. The molecule has 2 heterocycles. The molecule has 1 unspecified atom stereocenters. The quantitative estimate of drug-likeness (QED) is 0.900. The summed E-state index contributed by atoms with van der Waals surface area (Å²) in [5, 5.41) is 2.67. The van der Waals surface area contributed by atoms with Crippen LogP contribution in [0.4, 0.5) is 10.1 Å². The Morgan fingerprint density at radius 1 is 1.50 bits per heavy atom. The van der Waals surface area contributed by atoms with Crippen LogP contribution in [0.2, 0.25) is 0 Å². The molecule has 0 saturated carbocycles. The van der Waals surface area contributed by atoms with E-state index in [-0.39, 0.29) is 24.1 Å². The van der Waals surface area contributed by atoms with Gasteiger partial charge >= 0.3 is 0 Å². The summed E-state index contributed by atoms with van der Waals surface area (Å²) in [7, 11) is 2.12. The number of carbonyl (C=O) groups is 1. The molecule has 1 aromatic carbocycles. The number of hydrogen-bond donors (Lipinski definition) is 1. The average Bonchev–Trinajstić information content (AvgIpc) is 2.38. The molecule has 1 atom stereocenters. The van der Waals surface area contributed by atoms with Crippen molar-refractivity contribution in [2.45, 2.75) is 19.3 Å². The first-order valence-electron chi connectivity index (χ1n) is 7.05. The van der Waals surface area contributed by atoms with Crippen molar-refractivity contribution in [3.63, 3.8) is 0 Å². The summed E-state index contributed by atoms with van der Waals surface area (Å²) in [6.45, 7) is 2.07. The number of halogens is 1. The maximum absolute atomic E-state index is 14.0. The van der Waals surface area contributed by atoms with Gasteiger partial charge in [0, 0.05) is 6.54 Å². The molecule has 1 aromatic rings. The summed E-state index contributed by atoms with van der Waals surface area (Å²) >= 11 is 0. The van der Waals surface area contributed by atoms with Gasteiger partial charge in [0.05, 0.1) is 5.69 Å². The number of hydrogen-bond acceptors (Lipinski definition) is 3. The number of likely N-dealkylation sites (tertiary alicyclic amines) is 1. The van der Waals surface area contributed by atoms with Gasteiger partial charge in [-0.2, -0.15) is 0 Å². The molecule has 1 N–H and O–H groups in total. The highest BCUT2D eigenvalue weighted by atomic mass is 19.1. The number of benzene rings is 1. The topological polar surface area (TPSA) is 41.6 Å². The van der Waals surface area contributed by atoms with Crippen LogP contribution < -0.4 is 10.1 Å². The van der Waals surface area contributed by atoms with Crippen molar-refractivity contribution in [2.75, 3.05) is 32.1 Å². The second kappa shape index (κ2) is 5.40. The molecule has 0 radical (unpaired) electrons. The van der Waals surface area contributed by atoms with Crippen molar-refractivity contribution in [3.8, 4) is 5.75 Å². The van der Waals surface area contributed by atoms with E-state index in [1.165, 1.54) is 18.9 Å². The normalized spacial score (nSPS) is 22.9. The standard InChI is InChI=1S/C15H19FN2O2/c1-18-4-2-3-10(8-18)5-11-6-12(16)15-13(7-11)17-14(19)9-20-15/h6-7,10H,2-5,8-9H2,1H3,(H,17,19). The van der Waals surface area contributed by atoms with Crippen molar-refractivity contribution >= 4 is 11.6 Å². The highest BCUT2D eigenvalue weighted by Gasteiger charge is 2.23. The van der Waals surface area contributed by atoms with Crippen molar-refractivity contribution in [2.24, 2.45) is 5.92 Å². The number of anilines is 1. The summed E-state index contributed by atoms with van der Waals surface area (Å²) in [6, 6.07) is 3.37. The van der Waals surface area contributed by atoms with E-state index in [2.05, 4.69) is 17.3 Å². The average molecular weight is 278 g/mol. The Morgan fingerprint density at radius 2 is 2.35 bits per heavy atom. The Kier molecular flexibility index (Phi) is 3.61. The molecule has 108 valence electrons. The fraction of sp³-hybridized carbons (Fsp3) is 0.533. The Bertz CT molecular complexity index is 533. The number of nitrogens with zero attached hydrogens (tertiary/aromatic N) is 1. The van der Waals surface area contributed by atoms with E-state index in [9.17, 15) is 9.18 Å². The minimum absolute atomic E-state index is 0.114. The van der Waals surface area contributed by atoms with Gasteiger partial charge in [0.15, 0.2) is 18.2 Å². The molecular weight excluding hydrogens is 259 g/mol. The molecule has 0 aromatic heterocycles. The molecule has 20 heavy (non-hydrogen) atoms. The van der Waals surface area contributed by atoms with Crippen LogP contribution in [0.1, 0.15) is 18.4 Å². The van der Waals surface area contributed by atoms with Crippen molar-refractivity contribution < 1.29 is 13.9 Å². The predicted octanol–water partition coefficient (Wildman–Crippen LogP) is 2.04. The zero-order valence-corrected chi connectivity index (χ0v) is 11.6. The van der Waals surface area contributed by atoms with Crippen LogP contribution in [0, 0.1) is 11.7 Å². The first kappa shape index (κ1) is 13.4. The zero-order chi connectivity index (χ0) is 14.1. The van der Waals surface area contributed by atoms with E-state index in [1.54, 1.807) is 0 Å². The summed E-state index contributed by atoms with van der Waals surface area (Å²) in [6.07, 6.45) is 3.20. The number of fused-ring (bicyclic) bond motifs is 1. The molecule has 0 spiro atoms. The predicted molar refractivity (Wildman–Crippen MR) is 74.4 cm³/mol. The Hall–Kier alpha value is -1.62. The number of nitrogens with one attached hydrogen (secondary N) is 1. The van der Waals surface area contributed by atoms with Gasteiger partial charge in [0.2, 0.25) is 0 Å². The smallest absolute Gasteiger partial charge is 0.262 e. The zero-order valence-electron chi connectivity index (χ0n) is 11.6. The second-order valence-electron chi connectivity index (χ2n) is 5.77. The minimum atomic E-state index is -0.387. The van der Waals surface area contributed by atoms with Gasteiger partial charge < -0.3 is 15.0 Å². The summed E-state index contributed by atoms with van der Waals surface area (Å²) in [5.74, 6) is 0.0913. The summed E-state index contributed by atoms with van der Waals surface area (Å²) < 4.78 is 19.1. The van der Waals surface area contributed by atoms with E-state index in [0.717, 1.165) is 25.1 Å². The monoisotopic (exact) mass is 278 g/mol. The van der Waals surface area contributed by atoms with Gasteiger partial charge in [0.25, 0.3) is 5.91 Å². The molecule has 1 amide bonds. The first-order chi connectivity index (χ1) is 9.61. The molecule has 0 aliphatic carbocycles. The van der Waals surface area contributed by atoms with Crippen LogP contribution >= 0.6 is 0 Å². The van der Waals surface area contributed by atoms with Gasteiger partial charge in [0.1, 0.15) is 0 Å². The van der Waals surface area contributed by atoms with Gasteiger partial charge in [-0.15, -0.1) is 0 Å². The van der Waals surface area contributed by atoms with E-state index in [4.69, 9.17) is 4.74 Å². The molecule has 4 nitrogen and oxygen atoms in total. The van der Waals surface area contributed by atoms with Crippen LogP contribution in [0.15, 0.2) is 12.1 Å². The van der Waals surface area contributed by atoms with Gasteiger partial charge in [-0.05, 0) is 56.5 Å². The van der Waals surface area contributed by atoms with Crippen molar-refractivity contribution in [3.05, 3.63) is 23.5 Å². The third-order valence-electron chi connectivity index (χ3n) is 3.97. The largest absolute Gasteiger partial charge is 0.478 e. The van der Waals surface area contributed by atoms with E-state index >= 15 is 0 Å². The third-order valence-corrected chi connectivity index (χ3v) is 3.97. The van der Waals surface area contributed by atoms with E-state index in [0.29, 0.717) is 11.6 Å². The molecule has 5 heteroatoms. The summed E-state index contributed by atoms with van der Waals surface area (Å²) in [5.41, 5.74) is 1.38. The van der Waals surface area contributed by atoms with Crippen LogP contribution in [0.3, 0.4) is 0 Å². The number of piperidine rings is 1. The minimum Gasteiger partial charge on any atom is -0.478 e. The van der Waals surface area contributed by atoms with E-state index < -0.39 is 0 Å². The third kappa shape index (κ3) is 2.77. The lowest BCUT2D eigenvalue weighted by Crippen LogP contribution is -2.33. The molecular formula is C15H19FN2O2. The summed E-state index contributed by atoms with van der Waals surface area (Å²) in [4.78, 5) is 13.6.